The Balaban J connectivity index is 1.57. The van der Waals surface area contributed by atoms with E-state index in [-0.39, 0.29) is 0 Å². The molecule has 1 aliphatic rings. The van der Waals surface area contributed by atoms with E-state index in [9.17, 15) is 0 Å². The fourth-order valence-corrected chi connectivity index (χ4v) is 3.47. The molecule has 0 bridgehead atoms. The number of aromatic nitrogens is 3. The summed E-state index contributed by atoms with van der Waals surface area (Å²) in [5, 5.41) is 11.4. The van der Waals surface area contributed by atoms with Crippen LogP contribution in [-0.2, 0) is 13.0 Å². The van der Waals surface area contributed by atoms with Gasteiger partial charge in [-0.1, -0.05) is 24.3 Å². The first-order valence-corrected chi connectivity index (χ1v) is 9.30. The molecule has 1 N–H and O–H groups in total. The number of hydrogen-bond donors (Lipinski definition) is 1. The van der Waals surface area contributed by atoms with E-state index < -0.39 is 0 Å². The molecule has 8 heteroatoms. The molecule has 1 aromatic heterocycles. The molecule has 0 saturated heterocycles. The van der Waals surface area contributed by atoms with E-state index in [0.717, 1.165) is 25.3 Å². The van der Waals surface area contributed by atoms with Crippen LogP contribution in [0, 0.1) is 0 Å². The van der Waals surface area contributed by atoms with Crippen LogP contribution in [0.1, 0.15) is 11.1 Å². The van der Waals surface area contributed by atoms with Gasteiger partial charge in [0, 0.05) is 30.9 Å². The summed E-state index contributed by atoms with van der Waals surface area (Å²) in [5.41, 5.74) is 3.42. The van der Waals surface area contributed by atoms with Crippen LogP contribution in [-0.4, -0.2) is 43.1 Å². The van der Waals surface area contributed by atoms with Gasteiger partial charge in [-0.05, 0) is 17.5 Å². The lowest BCUT2D eigenvalue weighted by atomic mass is 10.0. The zero-order chi connectivity index (χ0) is 20.2. The van der Waals surface area contributed by atoms with Gasteiger partial charge in [-0.3, -0.25) is 0 Å². The average molecular weight is 393 g/mol. The van der Waals surface area contributed by atoms with E-state index in [1.807, 2.05) is 0 Å². The molecule has 4 rings (SSSR count). The normalized spacial score (nSPS) is 12.9. The van der Waals surface area contributed by atoms with Gasteiger partial charge in [0.25, 0.3) is 0 Å². The Morgan fingerprint density at radius 1 is 0.966 bits per heavy atom. The number of anilines is 3. The highest BCUT2D eigenvalue weighted by Crippen LogP contribution is 2.40. The maximum Gasteiger partial charge on any atom is 0.249 e. The van der Waals surface area contributed by atoms with Crippen LogP contribution in [0.2, 0.25) is 0 Å². The lowest BCUT2D eigenvalue weighted by molar-refractivity contribution is 0.324. The zero-order valence-electron chi connectivity index (χ0n) is 16.7. The third kappa shape index (κ3) is 3.87. The minimum Gasteiger partial charge on any atom is -0.493 e. The second-order valence-electron chi connectivity index (χ2n) is 6.62. The van der Waals surface area contributed by atoms with Crippen LogP contribution in [0.5, 0.6) is 17.2 Å². The molecule has 8 nitrogen and oxygen atoms in total. The number of nitrogens with zero attached hydrogens (tertiary/aromatic N) is 4. The molecule has 0 aliphatic carbocycles. The van der Waals surface area contributed by atoms with Crippen LogP contribution in [0.4, 0.5) is 17.5 Å². The van der Waals surface area contributed by atoms with Crippen molar-refractivity contribution in [3.63, 3.8) is 0 Å². The predicted octanol–water partition coefficient (Wildman–Crippen LogP) is 3.20. The van der Waals surface area contributed by atoms with Crippen molar-refractivity contribution in [1.29, 1.82) is 0 Å². The van der Waals surface area contributed by atoms with Crippen LogP contribution in [0.15, 0.2) is 42.6 Å². The minimum absolute atomic E-state index is 0.399. The molecule has 2 heterocycles. The summed E-state index contributed by atoms with van der Waals surface area (Å²) < 4.78 is 16.2. The third-order valence-electron chi connectivity index (χ3n) is 4.92. The summed E-state index contributed by atoms with van der Waals surface area (Å²) in [5.74, 6) is 2.80. The topological polar surface area (TPSA) is 81.6 Å². The van der Waals surface area contributed by atoms with E-state index in [1.54, 1.807) is 39.7 Å². The van der Waals surface area contributed by atoms with Gasteiger partial charge in [-0.15, -0.1) is 5.10 Å². The van der Waals surface area contributed by atoms with Gasteiger partial charge >= 0.3 is 0 Å². The van der Waals surface area contributed by atoms with Crippen LogP contribution >= 0.6 is 0 Å². The number of benzene rings is 2. The lowest BCUT2D eigenvalue weighted by Gasteiger charge is -2.29. The fraction of sp³-hybridized carbons (Fsp3) is 0.286. The maximum atomic E-state index is 5.40. The quantitative estimate of drug-likeness (QED) is 0.684. The lowest BCUT2D eigenvalue weighted by Crippen LogP contribution is -2.31. The Bertz CT molecular complexity index is 986. The Labute approximate surface area is 169 Å². The molecule has 1 aliphatic heterocycles. The molecule has 0 atom stereocenters. The monoisotopic (exact) mass is 393 g/mol. The average Bonchev–Trinajstić information content (AvgIpc) is 2.78. The Morgan fingerprint density at radius 3 is 2.38 bits per heavy atom. The molecular weight excluding hydrogens is 370 g/mol. The molecule has 0 radical (unpaired) electrons. The summed E-state index contributed by atoms with van der Waals surface area (Å²) in [6.07, 6.45) is 2.67. The number of fused-ring (bicyclic) bond motifs is 1. The third-order valence-corrected chi connectivity index (χ3v) is 4.92. The van der Waals surface area contributed by atoms with Gasteiger partial charge in [0.05, 0.1) is 27.5 Å². The molecule has 3 aromatic rings. The Morgan fingerprint density at radius 2 is 1.69 bits per heavy atom. The Kier molecular flexibility index (Phi) is 5.33. The second kappa shape index (κ2) is 8.22. The maximum absolute atomic E-state index is 5.40. The van der Waals surface area contributed by atoms with Crippen molar-refractivity contribution in [3.05, 3.63) is 53.7 Å². The van der Waals surface area contributed by atoms with E-state index >= 15 is 0 Å². The van der Waals surface area contributed by atoms with Crippen molar-refractivity contribution < 1.29 is 14.2 Å². The van der Waals surface area contributed by atoms with Crippen LogP contribution in [0.3, 0.4) is 0 Å². The van der Waals surface area contributed by atoms with Gasteiger partial charge in [-0.2, -0.15) is 10.1 Å². The highest BCUT2D eigenvalue weighted by Gasteiger charge is 2.18. The molecule has 150 valence electrons. The van der Waals surface area contributed by atoms with Crippen molar-refractivity contribution >= 4 is 17.5 Å². The molecule has 0 amide bonds. The van der Waals surface area contributed by atoms with Crippen molar-refractivity contribution in [2.75, 3.05) is 38.1 Å². The molecule has 29 heavy (non-hydrogen) atoms. The highest BCUT2D eigenvalue weighted by atomic mass is 16.5. The van der Waals surface area contributed by atoms with Crippen molar-refractivity contribution in [2.24, 2.45) is 0 Å². The fourth-order valence-electron chi connectivity index (χ4n) is 3.47. The predicted molar refractivity (Wildman–Crippen MR) is 110 cm³/mol. The van der Waals surface area contributed by atoms with Gasteiger partial charge in [-0.25, -0.2) is 0 Å². The largest absolute Gasteiger partial charge is 0.493 e. The minimum atomic E-state index is 0.399. The smallest absolute Gasteiger partial charge is 0.249 e. The first kappa shape index (κ1) is 18.8. The van der Waals surface area contributed by atoms with E-state index in [0.29, 0.717) is 28.9 Å². The molecule has 0 spiro atoms. The number of nitrogens with one attached hydrogen (secondary N) is 1. The van der Waals surface area contributed by atoms with Crippen molar-refractivity contribution in [2.45, 2.75) is 13.0 Å². The van der Waals surface area contributed by atoms with Crippen molar-refractivity contribution in [1.82, 2.24) is 15.2 Å². The highest BCUT2D eigenvalue weighted by molar-refractivity contribution is 5.66. The van der Waals surface area contributed by atoms with Gasteiger partial charge in [0.2, 0.25) is 11.7 Å². The van der Waals surface area contributed by atoms with Gasteiger partial charge in [0.15, 0.2) is 17.3 Å². The van der Waals surface area contributed by atoms with Crippen LogP contribution < -0.4 is 24.4 Å². The summed E-state index contributed by atoms with van der Waals surface area (Å²) >= 11 is 0. The molecule has 0 unspecified atom stereocenters. The Hall–Kier alpha value is -3.55. The van der Waals surface area contributed by atoms with E-state index in [4.69, 9.17) is 14.2 Å². The number of methoxy groups -OCH3 is 3. The first-order chi connectivity index (χ1) is 14.2. The number of hydrogen-bond acceptors (Lipinski definition) is 8. The molecule has 0 fully saturated rings. The summed E-state index contributed by atoms with van der Waals surface area (Å²) in [6, 6.07) is 12.1. The first-order valence-electron chi connectivity index (χ1n) is 9.30. The summed E-state index contributed by atoms with van der Waals surface area (Å²) in [7, 11) is 4.72. The van der Waals surface area contributed by atoms with E-state index in [1.165, 1.54) is 11.1 Å². The standard InChI is InChI=1S/C21H23N5O3/c1-27-17-10-16(11-18(28-2)20(17)29-3)23-21-24-19(12-22-25-21)26-9-8-14-6-4-5-7-15(14)13-26/h4-7,10-12H,8-9,13H2,1-3H3,(H,23,24,25). The van der Waals surface area contributed by atoms with E-state index in [2.05, 4.69) is 49.7 Å². The van der Waals surface area contributed by atoms with Crippen molar-refractivity contribution in [3.8, 4) is 17.2 Å². The van der Waals surface area contributed by atoms with Gasteiger partial charge in [0.1, 0.15) is 0 Å². The van der Waals surface area contributed by atoms with Gasteiger partial charge < -0.3 is 24.4 Å². The summed E-state index contributed by atoms with van der Waals surface area (Å²) in [4.78, 5) is 6.85. The second-order valence-corrected chi connectivity index (χ2v) is 6.62. The summed E-state index contributed by atoms with van der Waals surface area (Å²) in [6.45, 7) is 1.69. The number of rotatable bonds is 6. The number of ether oxygens (including phenoxy) is 3. The molecule has 2 aromatic carbocycles. The molecule has 0 saturated carbocycles. The zero-order valence-corrected chi connectivity index (χ0v) is 16.7. The SMILES string of the molecule is COc1cc(Nc2nncc(N3CCc4ccccc4C3)n2)cc(OC)c1OC. The van der Waals surface area contributed by atoms with Crippen LogP contribution in [0.25, 0.3) is 0 Å². The molecular formula is C21H23N5O3.